The van der Waals surface area contributed by atoms with Crippen LogP contribution in [-0.2, 0) is 6.54 Å². The Bertz CT molecular complexity index is 859. The Morgan fingerprint density at radius 1 is 1.12 bits per heavy atom. The molecule has 0 unspecified atom stereocenters. The van der Waals surface area contributed by atoms with Gasteiger partial charge in [0.2, 0.25) is 0 Å². The summed E-state index contributed by atoms with van der Waals surface area (Å²) < 4.78 is 5.25. The minimum Gasteiger partial charge on any atom is -0.497 e. The molecule has 2 aromatic carbocycles. The highest BCUT2D eigenvalue weighted by Crippen LogP contribution is 2.19. The number of hydrogen-bond acceptors (Lipinski definition) is 4. The van der Waals surface area contributed by atoms with Crippen molar-refractivity contribution in [2.45, 2.75) is 13.5 Å². The summed E-state index contributed by atoms with van der Waals surface area (Å²) in [4.78, 5) is 23.4. The van der Waals surface area contributed by atoms with Crippen LogP contribution in [0.2, 0.25) is 0 Å². The monoisotopic (exact) mass is 321 g/mol. The number of para-hydroxylation sites is 1. The molecule has 3 rings (SSSR count). The molecule has 0 saturated heterocycles. The van der Waals surface area contributed by atoms with Gasteiger partial charge < -0.3 is 9.64 Å². The van der Waals surface area contributed by atoms with Crippen molar-refractivity contribution in [3.05, 3.63) is 66.0 Å². The van der Waals surface area contributed by atoms with E-state index in [2.05, 4.69) is 9.97 Å². The van der Waals surface area contributed by atoms with Gasteiger partial charge in [-0.3, -0.25) is 14.8 Å². The first kappa shape index (κ1) is 15.9. The second-order valence-corrected chi connectivity index (χ2v) is 5.40. The summed E-state index contributed by atoms with van der Waals surface area (Å²) in [5.74, 6) is 0.735. The average Bonchev–Trinajstić information content (AvgIpc) is 2.65. The fourth-order valence-corrected chi connectivity index (χ4v) is 2.65. The Morgan fingerprint density at radius 3 is 2.71 bits per heavy atom. The highest BCUT2D eigenvalue weighted by molar-refractivity contribution is 6.04. The van der Waals surface area contributed by atoms with Crippen molar-refractivity contribution in [3.63, 3.8) is 0 Å². The second-order valence-electron chi connectivity index (χ2n) is 5.40. The summed E-state index contributed by atoms with van der Waals surface area (Å²) in [7, 11) is 1.64. The Morgan fingerprint density at radius 2 is 1.92 bits per heavy atom. The number of ether oxygens (including phenoxy) is 1. The number of carbonyl (C=O) groups is 1. The van der Waals surface area contributed by atoms with E-state index in [1.165, 1.54) is 0 Å². The molecule has 0 N–H and O–H groups in total. The number of carbonyl (C=O) groups excluding carboxylic acids is 1. The first-order chi connectivity index (χ1) is 11.7. The lowest BCUT2D eigenvalue weighted by Crippen LogP contribution is -2.30. The van der Waals surface area contributed by atoms with Gasteiger partial charge in [0.15, 0.2) is 0 Å². The van der Waals surface area contributed by atoms with E-state index in [1.807, 2.05) is 43.3 Å². The third kappa shape index (κ3) is 3.20. The zero-order chi connectivity index (χ0) is 16.9. The highest BCUT2D eigenvalue weighted by atomic mass is 16.5. The average molecular weight is 321 g/mol. The van der Waals surface area contributed by atoms with E-state index in [-0.39, 0.29) is 5.91 Å². The summed E-state index contributed by atoms with van der Waals surface area (Å²) in [5.41, 5.74) is 2.95. The van der Waals surface area contributed by atoms with E-state index in [0.29, 0.717) is 24.2 Å². The van der Waals surface area contributed by atoms with Gasteiger partial charge >= 0.3 is 0 Å². The molecular formula is C19H19N3O2. The largest absolute Gasteiger partial charge is 0.497 e. The van der Waals surface area contributed by atoms with Crippen LogP contribution in [0, 0.1) is 0 Å². The molecule has 5 nitrogen and oxygen atoms in total. The SMILES string of the molecule is CCN(Cc1cccc(OC)c1)C(=O)c1cccc2nccnc12. The Labute approximate surface area is 140 Å². The van der Waals surface area contributed by atoms with Crippen molar-refractivity contribution in [3.8, 4) is 5.75 Å². The molecule has 0 saturated carbocycles. The number of nitrogens with zero attached hydrogens (tertiary/aromatic N) is 3. The smallest absolute Gasteiger partial charge is 0.256 e. The molecule has 0 aliphatic rings. The van der Waals surface area contributed by atoms with E-state index >= 15 is 0 Å². The van der Waals surface area contributed by atoms with Crippen LogP contribution in [0.4, 0.5) is 0 Å². The number of rotatable bonds is 5. The second kappa shape index (κ2) is 7.08. The third-order valence-corrected chi connectivity index (χ3v) is 3.91. The predicted molar refractivity (Wildman–Crippen MR) is 92.9 cm³/mol. The van der Waals surface area contributed by atoms with Gasteiger partial charge in [0.05, 0.1) is 18.2 Å². The van der Waals surface area contributed by atoms with Crippen LogP contribution < -0.4 is 4.74 Å². The first-order valence-electron chi connectivity index (χ1n) is 7.85. The predicted octanol–water partition coefficient (Wildman–Crippen LogP) is 3.30. The molecule has 1 heterocycles. The Kier molecular flexibility index (Phi) is 4.70. The third-order valence-electron chi connectivity index (χ3n) is 3.91. The molecule has 1 amide bonds. The standard InChI is InChI=1S/C19H19N3O2/c1-3-22(13-14-6-4-7-15(12-14)24-2)19(23)16-8-5-9-17-18(16)21-11-10-20-17/h4-12H,3,13H2,1-2H3. The van der Waals surface area contributed by atoms with Crippen molar-refractivity contribution in [1.82, 2.24) is 14.9 Å². The van der Waals surface area contributed by atoms with Crippen LogP contribution in [0.5, 0.6) is 5.75 Å². The molecule has 0 radical (unpaired) electrons. The number of fused-ring (bicyclic) bond motifs is 1. The summed E-state index contributed by atoms with van der Waals surface area (Å²) in [5, 5.41) is 0. The van der Waals surface area contributed by atoms with Gasteiger partial charge in [-0.2, -0.15) is 0 Å². The van der Waals surface area contributed by atoms with E-state index in [4.69, 9.17) is 4.74 Å². The molecule has 0 atom stereocenters. The molecule has 3 aromatic rings. The van der Waals surface area contributed by atoms with Gasteiger partial charge in [-0.05, 0) is 36.8 Å². The fraction of sp³-hybridized carbons (Fsp3) is 0.211. The lowest BCUT2D eigenvalue weighted by Gasteiger charge is -2.21. The van der Waals surface area contributed by atoms with Crippen molar-refractivity contribution < 1.29 is 9.53 Å². The molecule has 122 valence electrons. The highest BCUT2D eigenvalue weighted by Gasteiger charge is 2.18. The van der Waals surface area contributed by atoms with E-state index in [1.54, 1.807) is 30.5 Å². The van der Waals surface area contributed by atoms with E-state index in [9.17, 15) is 4.79 Å². The molecule has 5 heteroatoms. The number of benzene rings is 2. The molecule has 0 aliphatic carbocycles. The maximum absolute atomic E-state index is 13.0. The van der Waals surface area contributed by atoms with Crippen molar-refractivity contribution in [2.75, 3.05) is 13.7 Å². The Balaban J connectivity index is 1.91. The molecular weight excluding hydrogens is 302 g/mol. The van der Waals surface area contributed by atoms with Crippen LogP contribution in [-0.4, -0.2) is 34.4 Å². The van der Waals surface area contributed by atoms with Gasteiger partial charge in [0.1, 0.15) is 11.3 Å². The zero-order valence-electron chi connectivity index (χ0n) is 13.8. The number of hydrogen-bond donors (Lipinski definition) is 0. The quantitative estimate of drug-likeness (QED) is 0.723. The maximum Gasteiger partial charge on any atom is 0.256 e. The summed E-state index contributed by atoms with van der Waals surface area (Å²) in [6.45, 7) is 3.09. The first-order valence-corrected chi connectivity index (χ1v) is 7.85. The normalized spacial score (nSPS) is 10.6. The van der Waals surface area contributed by atoms with Crippen LogP contribution in [0.3, 0.4) is 0 Å². The van der Waals surface area contributed by atoms with Crippen molar-refractivity contribution >= 4 is 16.9 Å². The number of amides is 1. The van der Waals surface area contributed by atoms with Gasteiger partial charge in [0.25, 0.3) is 5.91 Å². The van der Waals surface area contributed by atoms with Gasteiger partial charge in [-0.15, -0.1) is 0 Å². The molecule has 0 bridgehead atoms. The van der Waals surface area contributed by atoms with E-state index in [0.717, 1.165) is 16.8 Å². The molecule has 0 aliphatic heterocycles. The topological polar surface area (TPSA) is 55.3 Å². The zero-order valence-corrected chi connectivity index (χ0v) is 13.8. The number of methoxy groups -OCH3 is 1. The minimum atomic E-state index is -0.0496. The van der Waals surface area contributed by atoms with Gasteiger partial charge in [0, 0.05) is 25.5 Å². The fourth-order valence-electron chi connectivity index (χ4n) is 2.65. The summed E-state index contributed by atoms with van der Waals surface area (Å²) >= 11 is 0. The summed E-state index contributed by atoms with van der Waals surface area (Å²) in [6.07, 6.45) is 3.24. The van der Waals surface area contributed by atoms with Crippen molar-refractivity contribution in [2.24, 2.45) is 0 Å². The van der Waals surface area contributed by atoms with E-state index < -0.39 is 0 Å². The summed E-state index contributed by atoms with van der Waals surface area (Å²) in [6, 6.07) is 13.2. The van der Waals surface area contributed by atoms with Gasteiger partial charge in [-0.25, -0.2) is 0 Å². The lowest BCUT2D eigenvalue weighted by atomic mass is 10.1. The van der Waals surface area contributed by atoms with Crippen LogP contribution in [0.25, 0.3) is 11.0 Å². The lowest BCUT2D eigenvalue weighted by molar-refractivity contribution is 0.0754. The number of aromatic nitrogens is 2. The molecule has 0 spiro atoms. The molecule has 1 aromatic heterocycles. The van der Waals surface area contributed by atoms with Crippen LogP contribution in [0.15, 0.2) is 54.9 Å². The van der Waals surface area contributed by atoms with Crippen LogP contribution in [0.1, 0.15) is 22.8 Å². The van der Waals surface area contributed by atoms with Crippen molar-refractivity contribution in [1.29, 1.82) is 0 Å². The van der Waals surface area contributed by atoms with Gasteiger partial charge in [-0.1, -0.05) is 18.2 Å². The molecule has 24 heavy (non-hydrogen) atoms. The van der Waals surface area contributed by atoms with Crippen LogP contribution >= 0.6 is 0 Å². The Hall–Kier alpha value is -2.95. The molecule has 0 fully saturated rings. The maximum atomic E-state index is 13.0. The minimum absolute atomic E-state index is 0.0496.